The lowest BCUT2D eigenvalue weighted by atomic mass is 9.42. The van der Waals surface area contributed by atoms with Crippen molar-refractivity contribution in [3.8, 4) is 0 Å². The Hall–Kier alpha value is -1.84. The SMILES string of the molecule is C=C1C[C@H]2C(=CC[C@H]3C(C)(C)[C@H](OC(C)=O)CC[C@]23C)[C@]2(C)CC[C@H]([C@H](C)CC/C=C(/C)C(=O)O)C12. The van der Waals surface area contributed by atoms with Gasteiger partial charge in [0.25, 0.3) is 0 Å². The molecule has 4 heteroatoms. The number of hydrogen-bond acceptors (Lipinski definition) is 3. The molecule has 36 heavy (non-hydrogen) atoms. The highest BCUT2D eigenvalue weighted by Gasteiger charge is 2.62. The Morgan fingerprint density at radius 3 is 2.53 bits per heavy atom. The Labute approximate surface area is 218 Å². The van der Waals surface area contributed by atoms with Crippen LogP contribution in [0.5, 0.6) is 0 Å². The third-order valence-electron chi connectivity index (χ3n) is 11.3. The third kappa shape index (κ3) is 4.31. The molecule has 0 radical (unpaired) electrons. The Bertz CT molecular complexity index is 986. The number of carbonyl (C=O) groups is 2. The van der Waals surface area contributed by atoms with Crippen LogP contribution in [0, 0.1) is 45.8 Å². The van der Waals surface area contributed by atoms with Gasteiger partial charge < -0.3 is 9.84 Å². The molecule has 3 fully saturated rings. The molecule has 200 valence electrons. The van der Waals surface area contributed by atoms with Gasteiger partial charge in [0.05, 0.1) is 0 Å². The Kier molecular flexibility index (Phi) is 7.16. The minimum absolute atomic E-state index is 0.00586. The van der Waals surface area contributed by atoms with Crippen LogP contribution in [0.15, 0.2) is 35.5 Å². The molecule has 0 aromatic rings. The van der Waals surface area contributed by atoms with Crippen molar-refractivity contribution < 1.29 is 19.4 Å². The van der Waals surface area contributed by atoms with Crippen molar-refractivity contribution in [3.63, 3.8) is 0 Å². The molecule has 4 nitrogen and oxygen atoms in total. The summed E-state index contributed by atoms with van der Waals surface area (Å²) in [6.07, 6.45) is 13.0. The predicted molar refractivity (Wildman–Crippen MR) is 144 cm³/mol. The fourth-order valence-electron chi connectivity index (χ4n) is 9.39. The molecule has 0 bridgehead atoms. The molecule has 8 atom stereocenters. The quantitative estimate of drug-likeness (QED) is 0.232. The molecule has 0 amide bonds. The summed E-state index contributed by atoms with van der Waals surface area (Å²) >= 11 is 0. The zero-order valence-corrected chi connectivity index (χ0v) is 23.7. The van der Waals surface area contributed by atoms with Gasteiger partial charge in [0.1, 0.15) is 6.10 Å². The van der Waals surface area contributed by atoms with E-state index in [4.69, 9.17) is 11.3 Å². The molecule has 1 unspecified atom stereocenters. The summed E-state index contributed by atoms with van der Waals surface area (Å²) < 4.78 is 5.83. The first-order valence-corrected chi connectivity index (χ1v) is 14.2. The smallest absolute Gasteiger partial charge is 0.330 e. The average molecular weight is 497 g/mol. The summed E-state index contributed by atoms with van der Waals surface area (Å²) in [5, 5.41) is 9.17. The van der Waals surface area contributed by atoms with Gasteiger partial charge in [-0.05, 0) is 98.7 Å². The first-order chi connectivity index (χ1) is 16.7. The zero-order chi connectivity index (χ0) is 26.6. The van der Waals surface area contributed by atoms with E-state index in [1.807, 2.05) is 6.08 Å². The largest absolute Gasteiger partial charge is 0.478 e. The number of hydrogen-bond donors (Lipinski definition) is 1. The Morgan fingerprint density at radius 2 is 1.89 bits per heavy atom. The lowest BCUT2D eigenvalue weighted by molar-refractivity contribution is -0.172. The van der Waals surface area contributed by atoms with Crippen LogP contribution in [-0.4, -0.2) is 23.1 Å². The van der Waals surface area contributed by atoms with E-state index in [2.05, 4.69) is 40.7 Å². The molecule has 0 aromatic carbocycles. The molecule has 0 saturated heterocycles. The van der Waals surface area contributed by atoms with Gasteiger partial charge in [-0.15, -0.1) is 0 Å². The molecule has 0 aliphatic heterocycles. The van der Waals surface area contributed by atoms with E-state index < -0.39 is 5.97 Å². The molecular weight excluding hydrogens is 448 g/mol. The van der Waals surface area contributed by atoms with Gasteiger partial charge in [-0.25, -0.2) is 4.79 Å². The lowest BCUT2D eigenvalue weighted by Gasteiger charge is -2.63. The minimum atomic E-state index is -0.816. The van der Waals surface area contributed by atoms with Gasteiger partial charge in [0.15, 0.2) is 0 Å². The number of aliphatic carboxylic acids is 1. The molecule has 3 saturated carbocycles. The molecule has 4 aliphatic carbocycles. The van der Waals surface area contributed by atoms with Gasteiger partial charge in [0.2, 0.25) is 0 Å². The van der Waals surface area contributed by atoms with Crippen molar-refractivity contribution in [3.05, 3.63) is 35.5 Å². The van der Waals surface area contributed by atoms with Crippen LogP contribution in [0.25, 0.3) is 0 Å². The number of carbonyl (C=O) groups excluding carboxylic acids is 1. The van der Waals surface area contributed by atoms with Crippen LogP contribution >= 0.6 is 0 Å². The maximum absolute atomic E-state index is 11.8. The summed E-state index contributed by atoms with van der Waals surface area (Å²) in [6, 6.07) is 0. The zero-order valence-electron chi connectivity index (χ0n) is 23.7. The number of carboxylic acid groups (broad SMARTS) is 1. The van der Waals surface area contributed by atoms with Crippen molar-refractivity contribution in [2.45, 2.75) is 106 Å². The third-order valence-corrected chi connectivity index (χ3v) is 11.3. The summed E-state index contributed by atoms with van der Waals surface area (Å²) in [5.74, 6) is 1.72. The summed E-state index contributed by atoms with van der Waals surface area (Å²) in [4.78, 5) is 23.0. The van der Waals surface area contributed by atoms with Gasteiger partial charge in [-0.2, -0.15) is 0 Å². The molecule has 1 N–H and O–H groups in total. The van der Waals surface area contributed by atoms with Crippen molar-refractivity contribution in [2.75, 3.05) is 0 Å². The average Bonchev–Trinajstić information content (AvgIpc) is 3.15. The van der Waals surface area contributed by atoms with Crippen LogP contribution in [-0.2, 0) is 14.3 Å². The highest BCUT2D eigenvalue weighted by atomic mass is 16.5. The van der Waals surface area contributed by atoms with Crippen molar-refractivity contribution in [1.82, 2.24) is 0 Å². The van der Waals surface area contributed by atoms with E-state index in [0.717, 1.165) is 38.5 Å². The summed E-state index contributed by atoms with van der Waals surface area (Å²) in [7, 11) is 0. The van der Waals surface area contributed by atoms with Crippen molar-refractivity contribution in [1.29, 1.82) is 0 Å². The van der Waals surface area contributed by atoms with Gasteiger partial charge in [-0.1, -0.05) is 64.5 Å². The van der Waals surface area contributed by atoms with Crippen LogP contribution in [0.1, 0.15) is 99.8 Å². The summed E-state index contributed by atoms with van der Waals surface area (Å²) in [6.45, 7) is 20.0. The lowest BCUT2D eigenvalue weighted by Crippen LogP contribution is -2.57. The molecule has 4 rings (SSSR count). The Balaban J connectivity index is 1.58. The molecular formula is C32H48O4. The van der Waals surface area contributed by atoms with E-state index in [1.54, 1.807) is 12.5 Å². The van der Waals surface area contributed by atoms with E-state index in [9.17, 15) is 14.7 Å². The fourth-order valence-corrected chi connectivity index (χ4v) is 9.39. The predicted octanol–water partition coefficient (Wildman–Crippen LogP) is 7.75. The number of ether oxygens (including phenoxy) is 1. The van der Waals surface area contributed by atoms with Crippen LogP contribution in [0.2, 0.25) is 0 Å². The van der Waals surface area contributed by atoms with E-state index in [0.29, 0.717) is 35.2 Å². The van der Waals surface area contributed by atoms with E-state index >= 15 is 0 Å². The normalized spacial score (nSPS) is 40.4. The second kappa shape index (κ2) is 9.48. The maximum atomic E-state index is 11.8. The fraction of sp³-hybridized carbons (Fsp3) is 0.750. The van der Waals surface area contributed by atoms with Crippen LogP contribution < -0.4 is 0 Å². The van der Waals surface area contributed by atoms with E-state index in [1.165, 1.54) is 25.3 Å². The van der Waals surface area contributed by atoms with Crippen molar-refractivity contribution in [2.24, 2.45) is 45.8 Å². The number of esters is 1. The highest BCUT2D eigenvalue weighted by molar-refractivity contribution is 5.85. The second-order valence-corrected chi connectivity index (χ2v) is 13.7. The number of fused-ring (bicyclic) bond motifs is 5. The van der Waals surface area contributed by atoms with Crippen LogP contribution in [0.3, 0.4) is 0 Å². The number of rotatable bonds is 6. The molecule has 4 aliphatic rings. The standard InChI is InChI=1S/C32H48O4/c1-19(10-9-11-20(2)29(34)35)23-14-16-32(8)24-12-13-26-30(5,6)27(36-22(4)33)15-17-31(26,7)25(24)18-21(3)28(23)32/h11-12,19,23,25-28H,3,9-10,13-18H2,1-2,4-8H3,(H,34,35)/b20-11-/t19-,23-,25+,26+,27-,28?,31-,32+/m1/s1. The monoisotopic (exact) mass is 496 g/mol. The Morgan fingerprint density at radius 1 is 1.19 bits per heavy atom. The molecule has 0 heterocycles. The number of carboxylic acids is 1. The van der Waals surface area contributed by atoms with Gasteiger partial charge >= 0.3 is 11.9 Å². The maximum Gasteiger partial charge on any atom is 0.330 e. The summed E-state index contributed by atoms with van der Waals surface area (Å²) in [5.41, 5.74) is 3.91. The minimum Gasteiger partial charge on any atom is -0.478 e. The van der Waals surface area contributed by atoms with E-state index in [-0.39, 0.29) is 28.3 Å². The first-order valence-electron chi connectivity index (χ1n) is 14.2. The van der Waals surface area contributed by atoms with Crippen molar-refractivity contribution >= 4 is 11.9 Å². The molecule has 0 aromatic heterocycles. The van der Waals surface area contributed by atoms with Crippen LogP contribution in [0.4, 0.5) is 0 Å². The second-order valence-electron chi connectivity index (χ2n) is 13.7. The molecule has 0 spiro atoms. The van der Waals surface area contributed by atoms with Gasteiger partial charge in [-0.3, -0.25) is 4.79 Å². The van der Waals surface area contributed by atoms with Gasteiger partial charge in [0, 0.05) is 17.9 Å². The first kappa shape index (κ1) is 27.2. The topological polar surface area (TPSA) is 63.6 Å². The highest BCUT2D eigenvalue weighted by Crippen LogP contribution is 2.70. The number of allylic oxidation sites excluding steroid dienone is 4.